The van der Waals surface area contributed by atoms with Gasteiger partial charge in [-0.05, 0) is 35.7 Å². The lowest BCUT2D eigenvalue weighted by molar-refractivity contribution is 0.0794. The summed E-state index contributed by atoms with van der Waals surface area (Å²) < 4.78 is 0. The lowest BCUT2D eigenvalue weighted by Gasteiger charge is -2.24. The summed E-state index contributed by atoms with van der Waals surface area (Å²) in [5.74, 6) is -0.255. The number of rotatable bonds is 3. The first-order chi connectivity index (χ1) is 12.7. The fourth-order valence-electron chi connectivity index (χ4n) is 3.37. The average molecular weight is 342 g/mol. The highest BCUT2D eigenvalue weighted by atomic mass is 16.2. The highest BCUT2D eigenvalue weighted by Gasteiger charge is 2.40. The molecule has 1 atom stereocenters. The van der Waals surface area contributed by atoms with Crippen LogP contribution in [0, 0.1) is 0 Å². The summed E-state index contributed by atoms with van der Waals surface area (Å²) in [5.41, 5.74) is 3.24. The third-order valence-electron chi connectivity index (χ3n) is 4.60. The fourth-order valence-corrected chi connectivity index (χ4v) is 3.37. The molecule has 0 aromatic heterocycles. The number of carbonyl (C=O) groups is 2. The zero-order valence-electron chi connectivity index (χ0n) is 14.1. The summed E-state index contributed by atoms with van der Waals surface area (Å²) in [6.07, 6.45) is 0.589. The summed E-state index contributed by atoms with van der Waals surface area (Å²) in [4.78, 5) is 27.1. The third kappa shape index (κ3) is 2.97. The molecule has 1 unspecified atom stereocenters. The van der Waals surface area contributed by atoms with E-state index >= 15 is 0 Å². The van der Waals surface area contributed by atoms with Crippen molar-refractivity contribution in [1.82, 2.24) is 4.90 Å². The Morgan fingerprint density at radius 3 is 2.19 bits per heavy atom. The van der Waals surface area contributed by atoms with E-state index in [2.05, 4.69) is 5.32 Å². The van der Waals surface area contributed by atoms with Crippen LogP contribution in [0.4, 0.5) is 10.5 Å². The van der Waals surface area contributed by atoms with E-state index in [-0.39, 0.29) is 11.9 Å². The molecule has 3 aromatic rings. The van der Waals surface area contributed by atoms with Crippen LogP contribution in [0.25, 0.3) is 0 Å². The molecule has 0 saturated heterocycles. The van der Waals surface area contributed by atoms with E-state index in [0.29, 0.717) is 17.7 Å². The molecule has 3 aromatic carbocycles. The second-order valence-corrected chi connectivity index (χ2v) is 6.26. The number of hydrogen-bond donors (Lipinski definition) is 1. The summed E-state index contributed by atoms with van der Waals surface area (Å²) in [6.45, 7) is 0. The highest BCUT2D eigenvalue weighted by Crippen LogP contribution is 2.36. The topological polar surface area (TPSA) is 49.4 Å². The largest absolute Gasteiger partial charge is 0.329 e. The van der Waals surface area contributed by atoms with Gasteiger partial charge in [-0.25, -0.2) is 4.79 Å². The number of urea groups is 1. The van der Waals surface area contributed by atoms with Crippen LogP contribution in [0.1, 0.15) is 27.5 Å². The minimum Gasteiger partial charge on any atom is -0.307 e. The first-order valence-corrected chi connectivity index (χ1v) is 8.56. The van der Waals surface area contributed by atoms with Crippen LogP contribution in [-0.2, 0) is 6.42 Å². The molecular formula is C22H18N2O2. The monoisotopic (exact) mass is 342 g/mol. The number of carbonyl (C=O) groups excluding carboxylic acids is 2. The number of fused-ring (bicyclic) bond motifs is 1. The van der Waals surface area contributed by atoms with E-state index in [1.54, 1.807) is 18.2 Å². The Morgan fingerprint density at radius 1 is 0.846 bits per heavy atom. The van der Waals surface area contributed by atoms with E-state index in [4.69, 9.17) is 0 Å². The number of imide groups is 1. The van der Waals surface area contributed by atoms with Crippen LogP contribution in [0.15, 0.2) is 84.9 Å². The predicted molar refractivity (Wildman–Crippen MR) is 101 cm³/mol. The van der Waals surface area contributed by atoms with Crippen LogP contribution < -0.4 is 5.32 Å². The molecule has 4 heteroatoms. The normalized spacial score (nSPS) is 15.6. The van der Waals surface area contributed by atoms with Gasteiger partial charge in [0.25, 0.3) is 5.91 Å². The van der Waals surface area contributed by atoms with Gasteiger partial charge in [0.1, 0.15) is 0 Å². The quantitative estimate of drug-likeness (QED) is 0.753. The van der Waals surface area contributed by atoms with Crippen LogP contribution in [-0.4, -0.2) is 16.8 Å². The van der Waals surface area contributed by atoms with Gasteiger partial charge in [0.15, 0.2) is 0 Å². The Balaban J connectivity index is 1.67. The van der Waals surface area contributed by atoms with Crippen LogP contribution in [0.2, 0.25) is 0 Å². The maximum absolute atomic E-state index is 12.9. The van der Waals surface area contributed by atoms with Gasteiger partial charge in [-0.2, -0.15) is 0 Å². The third-order valence-corrected chi connectivity index (χ3v) is 4.60. The number of para-hydroxylation sites is 1. The number of nitrogens with zero attached hydrogens (tertiary/aromatic N) is 1. The minimum absolute atomic E-state index is 0.255. The predicted octanol–water partition coefficient (Wildman–Crippen LogP) is 4.66. The summed E-state index contributed by atoms with van der Waals surface area (Å²) in [7, 11) is 0. The molecule has 1 heterocycles. The Labute approximate surface area is 152 Å². The zero-order chi connectivity index (χ0) is 17.9. The van der Waals surface area contributed by atoms with Gasteiger partial charge in [0, 0.05) is 11.3 Å². The molecule has 1 N–H and O–H groups in total. The van der Waals surface area contributed by atoms with Crippen molar-refractivity contribution in [3.63, 3.8) is 0 Å². The summed E-state index contributed by atoms with van der Waals surface area (Å²) in [5, 5.41) is 2.83. The Bertz CT molecular complexity index is 939. The Kier molecular flexibility index (Phi) is 4.23. The zero-order valence-corrected chi connectivity index (χ0v) is 14.1. The van der Waals surface area contributed by atoms with E-state index in [0.717, 1.165) is 11.1 Å². The van der Waals surface area contributed by atoms with Crippen molar-refractivity contribution < 1.29 is 9.59 Å². The molecule has 0 saturated carbocycles. The van der Waals surface area contributed by atoms with Crippen molar-refractivity contribution in [1.29, 1.82) is 0 Å². The van der Waals surface area contributed by atoms with E-state index in [1.165, 1.54) is 4.90 Å². The van der Waals surface area contributed by atoms with Gasteiger partial charge < -0.3 is 5.32 Å². The molecule has 4 nitrogen and oxygen atoms in total. The van der Waals surface area contributed by atoms with Gasteiger partial charge in [-0.15, -0.1) is 0 Å². The first kappa shape index (κ1) is 16.1. The fraction of sp³-hybridized carbons (Fsp3) is 0.0909. The first-order valence-electron chi connectivity index (χ1n) is 8.56. The maximum atomic E-state index is 12.9. The van der Waals surface area contributed by atoms with E-state index in [9.17, 15) is 9.59 Å². The molecule has 0 aliphatic carbocycles. The van der Waals surface area contributed by atoms with Gasteiger partial charge in [-0.3, -0.25) is 9.69 Å². The van der Waals surface area contributed by atoms with Crippen molar-refractivity contribution in [3.05, 3.63) is 102 Å². The molecule has 1 aliphatic rings. The number of nitrogens with one attached hydrogen (secondary N) is 1. The van der Waals surface area contributed by atoms with Gasteiger partial charge in [0.2, 0.25) is 0 Å². The van der Waals surface area contributed by atoms with Crippen LogP contribution in [0.3, 0.4) is 0 Å². The molecule has 0 fully saturated rings. The maximum Gasteiger partial charge on any atom is 0.329 e. The lowest BCUT2D eigenvalue weighted by atomic mass is 9.98. The van der Waals surface area contributed by atoms with Crippen molar-refractivity contribution in [2.45, 2.75) is 12.5 Å². The highest BCUT2D eigenvalue weighted by molar-refractivity contribution is 6.11. The van der Waals surface area contributed by atoms with E-state index in [1.807, 2.05) is 66.7 Å². The molecule has 0 radical (unpaired) electrons. The number of hydrogen-bond acceptors (Lipinski definition) is 2. The molecule has 26 heavy (non-hydrogen) atoms. The Hall–Kier alpha value is -3.40. The summed E-state index contributed by atoms with van der Waals surface area (Å²) >= 11 is 0. The number of benzene rings is 3. The smallest absolute Gasteiger partial charge is 0.307 e. The van der Waals surface area contributed by atoms with E-state index < -0.39 is 6.03 Å². The van der Waals surface area contributed by atoms with Gasteiger partial charge in [-0.1, -0.05) is 66.7 Å². The number of anilines is 1. The molecule has 4 rings (SSSR count). The molecule has 0 bridgehead atoms. The average Bonchev–Trinajstić information content (AvgIpc) is 2.96. The van der Waals surface area contributed by atoms with Crippen LogP contribution >= 0.6 is 0 Å². The SMILES string of the molecule is O=C(Nc1ccccc1)N1C(=O)c2ccccc2C1Cc1ccccc1. The second-order valence-electron chi connectivity index (χ2n) is 6.26. The lowest BCUT2D eigenvalue weighted by Crippen LogP contribution is -2.38. The standard InChI is InChI=1S/C22H18N2O2/c25-21-19-14-8-7-13-18(19)20(15-16-9-3-1-4-10-16)24(21)22(26)23-17-11-5-2-6-12-17/h1-14,20H,15H2,(H,23,26). The van der Waals surface area contributed by atoms with Crippen molar-refractivity contribution >= 4 is 17.6 Å². The second kappa shape index (κ2) is 6.84. The molecule has 1 aliphatic heterocycles. The molecule has 3 amide bonds. The number of amides is 3. The summed E-state index contributed by atoms with van der Waals surface area (Å²) in [6, 6.07) is 25.8. The molecular weight excluding hydrogens is 324 g/mol. The van der Waals surface area contributed by atoms with Crippen molar-refractivity contribution in [3.8, 4) is 0 Å². The van der Waals surface area contributed by atoms with Gasteiger partial charge >= 0.3 is 6.03 Å². The van der Waals surface area contributed by atoms with Gasteiger partial charge in [0.05, 0.1) is 6.04 Å². The molecule has 128 valence electrons. The minimum atomic E-state index is -0.404. The van der Waals surface area contributed by atoms with Crippen molar-refractivity contribution in [2.75, 3.05) is 5.32 Å². The Morgan fingerprint density at radius 2 is 1.46 bits per heavy atom. The van der Waals surface area contributed by atoms with Crippen molar-refractivity contribution in [2.24, 2.45) is 0 Å². The molecule has 0 spiro atoms. The van der Waals surface area contributed by atoms with Crippen LogP contribution in [0.5, 0.6) is 0 Å².